The number of amides is 1. The third-order valence-corrected chi connectivity index (χ3v) is 3.59. The number of hydrogen-bond donors (Lipinski definition) is 2. The van der Waals surface area contributed by atoms with Crippen molar-refractivity contribution in [2.45, 2.75) is 13.8 Å². The number of carbonyl (C=O) groups excluding carboxylic acids is 1. The van der Waals surface area contributed by atoms with Crippen molar-refractivity contribution in [2.75, 3.05) is 32.1 Å². The third-order valence-electron chi connectivity index (χ3n) is 2.84. The zero-order valence-corrected chi connectivity index (χ0v) is 14.4. The van der Waals surface area contributed by atoms with E-state index in [1.54, 1.807) is 7.11 Å². The number of furan rings is 1. The van der Waals surface area contributed by atoms with Gasteiger partial charge < -0.3 is 19.8 Å². The lowest BCUT2D eigenvalue weighted by atomic mass is 10.2. The first kappa shape index (κ1) is 18.6. The second-order valence-corrected chi connectivity index (χ2v) is 5.44. The summed E-state index contributed by atoms with van der Waals surface area (Å²) in [5.41, 5.74) is 1.78. The molecule has 0 saturated carbocycles. The normalized spacial score (nSPS) is 10.3. The van der Waals surface area contributed by atoms with Crippen LogP contribution in [0.3, 0.4) is 0 Å². The number of methoxy groups -OCH3 is 1. The predicted octanol–water partition coefficient (Wildman–Crippen LogP) is 2.62. The fourth-order valence-electron chi connectivity index (χ4n) is 1.88. The van der Waals surface area contributed by atoms with Crippen LogP contribution in [0, 0.1) is 13.8 Å². The van der Waals surface area contributed by atoms with Crippen molar-refractivity contribution in [1.82, 2.24) is 10.3 Å². The summed E-state index contributed by atoms with van der Waals surface area (Å²) in [6, 6.07) is 1.95. The Morgan fingerprint density at radius 3 is 2.86 bits per heavy atom. The van der Waals surface area contributed by atoms with E-state index in [0.717, 1.165) is 22.8 Å². The highest BCUT2D eigenvalue weighted by Gasteiger charge is 2.12. The third kappa shape index (κ3) is 5.10. The van der Waals surface area contributed by atoms with E-state index in [1.807, 2.05) is 25.3 Å². The molecule has 0 aliphatic rings. The molecule has 0 saturated heterocycles. The van der Waals surface area contributed by atoms with Crippen molar-refractivity contribution in [3.05, 3.63) is 23.0 Å². The van der Waals surface area contributed by atoms with Crippen LogP contribution in [-0.2, 0) is 9.53 Å². The molecule has 2 aromatic rings. The number of nitrogens with one attached hydrogen (secondary N) is 2. The number of thiazole rings is 1. The van der Waals surface area contributed by atoms with Crippen LogP contribution in [0.25, 0.3) is 11.3 Å². The highest BCUT2D eigenvalue weighted by atomic mass is 35.5. The Labute approximate surface area is 139 Å². The molecule has 2 aromatic heterocycles. The van der Waals surface area contributed by atoms with Gasteiger partial charge in [-0.3, -0.25) is 4.79 Å². The smallest absolute Gasteiger partial charge is 0.240 e. The molecule has 0 bridgehead atoms. The van der Waals surface area contributed by atoms with E-state index in [0.29, 0.717) is 18.3 Å². The first-order valence-corrected chi connectivity index (χ1v) is 7.50. The van der Waals surface area contributed by atoms with E-state index in [2.05, 4.69) is 15.6 Å². The summed E-state index contributed by atoms with van der Waals surface area (Å²) in [5.74, 6) is 1.56. The number of rotatable bonds is 7. The zero-order valence-electron chi connectivity index (χ0n) is 12.8. The van der Waals surface area contributed by atoms with Gasteiger partial charge in [-0.15, -0.1) is 23.7 Å². The minimum Gasteiger partial charge on any atom is -0.466 e. The molecule has 0 fully saturated rings. The fourth-order valence-corrected chi connectivity index (χ4v) is 2.61. The summed E-state index contributed by atoms with van der Waals surface area (Å²) >= 11 is 1.40. The Kier molecular flexibility index (Phi) is 7.53. The van der Waals surface area contributed by atoms with Gasteiger partial charge in [0.15, 0.2) is 5.13 Å². The molecule has 0 spiro atoms. The predicted molar refractivity (Wildman–Crippen MR) is 89.9 cm³/mol. The molecule has 0 radical (unpaired) electrons. The van der Waals surface area contributed by atoms with Crippen molar-refractivity contribution >= 4 is 34.8 Å². The summed E-state index contributed by atoms with van der Waals surface area (Å²) in [5, 5.41) is 8.24. The van der Waals surface area contributed by atoms with Crippen LogP contribution < -0.4 is 10.6 Å². The van der Waals surface area contributed by atoms with Gasteiger partial charge in [0.1, 0.15) is 11.5 Å². The molecule has 122 valence electrons. The largest absolute Gasteiger partial charge is 0.466 e. The number of hydrogen-bond acceptors (Lipinski definition) is 6. The number of ether oxygens (including phenoxy) is 1. The first-order chi connectivity index (χ1) is 10.1. The summed E-state index contributed by atoms with van der Waals surface area (Å²) in [4.78, 5) is 16.1. The zero-order chi connectivity index (χ0) is 15.2. The molecule has 0 aromatic carbocycles. The summed E-state index contributed by atoms with van der Waals surface area (Å²) < 4.78 is 10.4. The molecule has 0 atom stereocenters. The number of carbonyl (C=O) groups is 1. The van der Waals surface area contributed by atoms with Crippen LogP contribution in [0.1, 0.15) is 11.5 Å². The standard InChI is InChI=1S/C14H19N3O3S.ClH/c1-9-6-11(10(2)20-9)12-8-21-14(16-12)17-13(18)7-15-4-5-19-3;/h6,8,15H,4-5,7H2,1-3H3,(H,16,17,18);1H. The molecule has 22 heavy (non-hydrogen) atoms. The van der Waals surface area contributed by atoms with Crippen molar-refractivity contribution in [1.29, 1.82) is 0 Å². The topological polar surface area (TPSA) is 76.4 Å². The second kappa shape index (κ2) is 8.89. The van der Waals surface area contributed by atoms with Crippen LogP contribution in [0.5, 0.6) is 0 Å². The molecule has 6 nitrogen and oxygen atoms in total. The Morgan fingerprint density at radius 1 is 1.45 bits per heavy atom. The van der Waals surface area contributed by atoms with Gasteiger partial charge in [-0.2, -0.15) is 0 Å². The van der Waals surface area contributed by atoms with Gasteiger partial charge in [-0.05, 0) is 19.9 Å². The van der Waals surface area contributed by atoms with E-state index in [1.165, 1.54) is 11.3 Å². The molecule has 2 N–H and O–H groups in total. The van der Waals surface area contributed by atoms with Gasteiger partial charge in [0.05, 0.1) is 18.8 Å². The molecule has 1 amide bonds. The van der Waals surface area contributed by atoms with Crippen molar-refractivity contribution in [3.8, 4) is 11.3 Å². The van der Waals surface area contributed by atoms with Crippen LogP contribution in [0.4, 0.5) is 5.13 Å². The first-order valence-electron chi connectivity index (χ1n) is 6.62. The SMILES string of the molecule is COCCNCC(=O)Nc1nc(-c2cc(C)oc2C)cs1.Cl. The number of aromatic nitrogens is 1. The Bertz CT molecular complexity index is 612. The van der Waals surface area contributed by atoms with Crippen LogP contribution in [0.2, 0.25) is 0 Å². The maximum Gasteiger partial charge on any atom is 0.240 e. The number of halogens is 1. The van der Waals surface area contributed by atoms with Crippen LogP contribution in [0.15, 0.2) is 15.9 Å². The van der Waals surface area contributed by atoms with E-state index in [9.17, 15) is 4.79 Å². The van der Waals surface area contributed by atoms with Crippen molar-refractivity contribution in [3.63, 3.8) is 0 Å². The van der Waals surface area contributed by atoms with Gasteiger partial charge in [-0.25, -0.2) is 4.98 Å². The summed E-state index contributed by atoms with van der Waals surface area (Å²) in [6.45, 7) is 5.26. The molecule has 0 aliphatic carbocycles. The lowest BCUT2D eigenvalue weighted by Gasteiger charge is -2.03. The molecule has 0 aliphatic heterocycles. The van der Waals surface area contributed by atoms with Crippen molar-refractivity contribution in [2.24, 2.45) is 0 Å². The van der Waals surface area contributed by atoms with E-state index in [-0.39, 0.29) is 24.9 Å². The Balaban J connectivity index is 0.00000242. The number of nitrogens with zero attached hydrogens (tertiary/aromatic N) is 1. The monoisotopic (exact) mass is 345 g/mol. The van der Waals surface area contributed by atoms with Crippen LogP contribution >= 0.6 is 23.7 Å². The highest BCUT2D eigenvalue weighted by molar-refractivity contribution is 7.14. The van der Waals surface area contributed by atoms with Gasteiger partial charge in [0.25, 0.3) is 0 Å². The number of anilines is 1. The second-order valence-electron chi connectivity index (χ2n) is 4.58. The van der Waals surface area contributed by atoms with E-state index in [4.69, 9.17) is 9.15 Å². The lowest BCUT2D eigenvalue weighted by Crippen LogP contribution is -2.30. The maximum absolute atomic E-state index is 11.7. The van der Waals surface area contributed by atoms with Gasteiger partial charge in [0, 0.05) is 24.6 Å². The summed E-state index contributed by atoms with van der Waals surface area (Å²) in [7, 11) is 1.62. The average Bonchev–Trinajstić information content (AvgIpc) is 3.01. The average molecular weight is 346 g/mol. The lowest BCUT2D eigenvalue weighted by molar-refractivity contribution is -0.115. The van der Waals surface area contributed by atoms with Gasteiger partial charge in [-0.1, -0.05) is 0 Å². The van der Waals surface area contributed by atoms with Crippen molar-refractivity contribution < 1.29 is 13.9 Å². The Morgan fingerprint density at radius 2 is 2.23 bits per heavy atom. The quantitative estimate of drug-likeness (QED) is 0.754. The van der Waals surface area contributed by atoms with Crippen LogP contribution in [-0.4, -0.2) is 37.7 Å². The molecular formula is C14H20ClN3O3S. The minimum absolute atomic E-state index is 0. The van der Waals surface area contributed by atoms with Gasteiger partial charge >= 0.3 is 0 Å². The molecule has 2 heterocycles. The van der Waals surface area contributed by atoms with E-state index >= 15 is 0 Å². The number of aryl methyl sites for hydroxylation is 2. The highest BCUT2D eigenvalue weighted by Crippen LogP contribution is 2.29. The molecule has 8 heteroatoms. The maximum atomic E-state index is 11.7. The minimum atomic E-state index is -0.118. The Hall–Kier alpha value is -1.41. The molecule has 2 rings (SSSR count). The molecule has 0 unspecified atom stereocenters. The molecular weight excluding hydrogens is 326 g/mol. The van der Waals surface area contributed by atoms with Gasteiger partial charge in [0.2, 0.25) is 5.91 Å². The fraction of sp³-hybridized carbons (Fsp3) is 0.429. The van der Waals surface area contributed by atoms with E-state index < -0.39 is 0 Å². The summed E-state index contributed by atoms with van der Waals surface area (Å²) in [6.07, 6.45) is 0.